The van der Waals surface area contributed by atoms with Gasteiger partial charge in [0, 0.05) is 6.08 Å². The third-order valence-corrected chi connectivity index (χ3v) is 2.91. The number of benzene rings is 1. The molecule has 7 nitrogen and oxygen atoms in total. The van der Waals surface area contributed by atoms with Gasteiger partial charge in [-0.25, -0.2) is 5.43 Å². The molecule has 0 radical (unpaired) electrons. The second-order valence-corrected chi connectivity index (χ2v) is 4.87. The van der Waals surface area contributed by atoms with E-state index in [0.29, 0.717) is 17.0 Å². The van der Waals surface area contributed by atoms with E-state index in [1.807, 2.05) is 0 Å². The Bertz CT molecular complexity index is 642. The largest absolute Gasteiger partial charge is 0.294 e. The number of halogens is 2. The number of allylic oxidation sites excluding steroid dienone is 1. The van der Waals surface area contributed by atoms with E-state index in [9.17, 15) is 17.2 Å². The summed E-state index contributed by atoms with van der Waals surface area (Å²) in [7, 11) is -4.28. The highest BCUT2D eigenvalue weighted by molar-refractivity contribution is 7.85. The van der Waals surface area contributed by atoms with Gasteiger partial charge in [0.05, 0.1) is 10.6 Å². The first-order valence-electron chi connectivity index (χ1n) is 4.87. The highest BCUT2D eigenvalue weighted by Crippen LogP contribution is 2.15. The minimum atomic E-state index is -4.28. The molecule has 19 heavy (non-hydrogen) atoms. The molecule has 0 fully saturated rings. The second-order valence-electron chi connectivity index (χ2n) is 3.45. The molecular weight excluding hydrogens is 282 g/mol. The number of hydrazine groups is 2. The van der Waals surface area contributed by atoms with Crippen molar-refractivity contribution in [2.45, 2.75) is 4.90 Å². The number of nitrogens with zero attached hydrogens (tertiary/aromatic N) is 2. The molecule has 1 aromatic rings. The zero-order valence-corrected chi connectivity index (χ0v) is 10.0. The molecule has 0 aromatic heterocycles. The Morgan fingerprint density at radius 1 is 1.26 bits per heavy atom. The van der Waals surface area contributed by atoms with Gasteiger partial charge in [-0.3, -0.25) is 9.98 Å². The molecule has 1 aliphatic heterocycles. The number of hydrazone groups is 1. The van der Waals surface area contributed by atoms with Gasteiger partial charge >= 0.3 is 0 Å². The number of hydrogen-bond acceptors (Lipinski definition) is 6. The highest BCUT2D eigenvalue weighted by atomic mass is 32.2. The van der Waals surface area contributed by atoms with E-state index in [0.717, 1.165) is 12.1 Å². The fraction of sp³-hybridized carbons (Fsp3) is 0. The number of rotatable bonds is 3. The van der Waals surface area contributed by atoms with Gasteiger partial charge in [0.15, 0.2) is 0 Å². The first-order valence-corrected chi connectivity index (χ1v) is 6.31. The maximum Gasteiger partial charge on any atom is 0.294 e. The van der Waals surface area contributed by atoms with E-state index < -0.39 is 22.0 Å². The molecule has 2 rings (SSSR count). The number of hydrogen-bond donors (Lipinski definition) is 3. The van der Waals surface area contributed by atoms with Gasteiger partial charge in [0.2, 0.25) is 11.9 Å². The van der Waals surface area contributed by atoms with Crippen LogP contribution in [0.5, 0.6) is 0 Å². The van der Waals surface area contributed by atoms with Crippen molar-refractivity contribution >= 4 is 21.8 Å². The predicted octanol–water partition coefficient (Wildman–Crippen LogP) is 1.17. The minimum Gasteiger partial charge on any atom is -0.282 e. The molecule has 0 aliphatic carbocycles. The third kappa shape index (κ3) is 3.39. The Hall–Kier alpha value is -2.20. The lowest BCUT2D eigenvalue weighted by Crippen LogP contribution is -2.39. The summed E-state index contributed by atoms with van der Waals surface area (Å²) in [6, 6.07) is 4.81. The maximum atomic E-state index is 12.8. The molecule has 0 saturated carbocycles. The monoisotopic (exact) mass is 290 g/mol. The van der Waals surface area contributed by atoms with E-state index >= 15 is 0 Å². The summed E-state index contributed by atoms with van der Waals surface area (Å²) >= 11 is 0. The Morgan fingerprint density at radius 3 is 2.42 bits per heavy atom. The fourth-order valence-corrected chi connectivity index (χ4v) is 1.74. The van der Waals surface area contributed by atoms with Crippen LogP contribution in [-0.2, 0) is 10.1 Å². The van der Waals surface area contributed by atoms with Crippen molar-refractivity contribution in [1.82, 2.24) is 10.7 Å². The zero-order valence-electron chi connectivity index (χ0n) is 9.21. The van der Waals surface area contributed by atoms with E-state index in [4.69, 9.17) is 4.55 Å². The smallest absolute Gasteiger partial charge is 0.282 e. The van der Waals surface area contributed by atoms with Crippen LogP contribution in [-0.4, -0.2) is 24.2 Å². The first kappa shape index (κ1) is 13.2. The van der Waals surface area contributed by atoms with E-state index in [1.54, 1.807) is 0 Å². The van der Waals surface area contributed by atoms with Gasteiger partial charge in [0.1, 0.15) is 0 Å². The summed E-state index contributed by atoms with van der Waals surface area (Å²) in [5.74, 6) is -1.99. The van der Waals surface area contributed by atoms with Crippen molar-refractivity contribution < 1.29 is 21.8 Å². The predicted molar refractivity (Wildman–Crippen MR) is 62.6 cm³/mol. The molecule has 1 heterocycles. The summed E-state index contributed by atoms with van der Waals surface area (Å²) in [6.45, 7) is 0. The zero-order chi connectivity index (χ0) is 14.0. The Kier molecular flexibility index (Phi) is 3.36. The molecule has 0 bridgehead atoms. The average molecular weight is 290 g/mol. The molecule has 0 amide bonds. The fourth-order valence-electron chi connectivity index (χ4n) is 1.26. The molecule has 102 valence electrons. The van der Waals surface area contributed by atoms with Crippen LogP contribution < -0.4 is 10.9 Å². The minimum absolute atomic E-state index is 0.297. The summed E-state index contributed by atoms with van der Waals surface area (Å²) in [6.07, 6.45) is 0.555. The van der Waals surface area contributed by atoms with Crippen LogP contribution >= 0.6 is 0 Å². The van der Waals surface area contributed by atoms with Gasteiger partial charge in [-0.15, -0.1) is 10.3 Å². The lowest BCUT2D eigenvalue weighted by molar-refractivity contribution is 0.233. The quantitative estimate of drug-likeness (QED) is 0.571. The molecule has 1 aliphatic rings. The van der Waals surface area contributed by atoms with Crippen molar-refractivity contribution in [2.75, 3.05) is 5.43 Å². The lowest BCUT2D eigenvalue weighted by atomic mass is 10.3. The van der Waals surface area contributed by atoms with Gasteiger partial charge in [-0.1, -0.05) is 0 Å². The summed E-state index contributed by atoms with van der Waals surface area (Å²) in [5, 5.41) is 3.95. The van der Waals surface area contributed by atoms with E-state index in [2.05, 4.69) is 16.0 Å². The molecule has 10 heteroatoms. The normalized spacial score (nSPS) is 15.4. The number of anilines is 1. The van der Waals surface area contributed by atoms with Crippen LogP contribution in [0.4, 0.5) is 14.5 Å². The maximum absolute atomic E-state index is 12.8. The van der Waals surface area contributed by atoms with Crippen molar-refractivity contribution in [1.29, 1.82) is 0 Å². The van der Waals surface area contributed by atoms with Crippen LogP contribution in [0.15, 0.2) is 46.3 Å². The standard InChI is InChI=1S/C9H8F2N4O3S/c10-8-5-9(11)14-15(13-8)12-6-1-3-7(4-2-6)19(16,17)18/h1-5,12-13H,(H,16,17,18). The van der Waals surface area contributed by atoms with E-state index in [1.165, 1.54) is 12.1 Å². The van der Waals surface area contributed by atoms with E-state index in [-0.39, 0.29) is 4.90 Å². The summed E-state index contributed by atoms with van der Waals surface area (Å²) in [4.78, 5) is -0.301. The third-order valence-electron chi connectivity index (χ3n) is 2.04. The van der Waals surface area contributed by atoms with Crippen molar-refractivity contribution in [3.63, 3.8) is 0 Å². The molecule has 0 saturated heterocycles. The SMILES string of the molecule is O=S(=O)(O)c1ccc(NN2N=C(F)C=C(F)N2)cc1. The van der Waals surface area contributed by atoms with Gasteiger partial charge in [-0.05, 0) is 24.3 Å². The topological polar surface area (TPSA) is 94.0 Å². The van der Waals surface area contributed by atoms with Crippen LogP contribution in [0.3, 0.4) is 0 Å². The van der Waals surface area contributed by atoms with Crippen molar-refractivity contribution in [2.24, 2.45) is 5.10 Å². The molecular formula is C9H8F2N4O3S. The van der Waals surface area contributed by atoms with Gasteiger partial charge in [0.25, 0.3) is 10.1 Å². The first-order chi connectivity index (χ1) is 8.84. The molecule has 0 unspecified atom stereocenters. The number of nitrogens with one attached hydrogen (secondary N) is 2. The van der Waals surface area contributed by atoms with Crippen LogP contribution in [0.2, 0.25) is 0 Å². The van der Waals surface area contributed by atoms with Crippen LogP contribution in [0, 0.1) is 0 Å². The summed E-state index contributed by atoms with van der Waals surface area (Å²) < 4.78 is 56.0. The Labute approximate surface area is 106 Å². The molecule has 0 atom stereocenters. The Morgan fingerprint density at radius 2 is 1.89 bits per heavy atom. The molecule has 3 N–H and O–H groups in total. The van der Waals surface area contributed by atoms with Gasteiger partial charge < -0.3 is 0 Å². The highest BCUT2D eigenvalue weighted by Gasteiger charge is 2.13. The van der Waals surface area contributed by atoms with Gasteiger partial charge in [-0.2, -0.15) is 17.2 Å². The molecule has 0 spiro atoms. The van der Waals surface area contributed by atoms with Crippen molar-refractivity contribution in [3.05, 3.63) is 36.3 Å². The van der Waals surface area contributed by atoms with Crippen LogP contribution in [0.25, 0.3) is 0 Å². The Balaban J connectivity index is 2.11. The van der Waals surface area contributed by atoms with Crippen LogP contribution in [0.1, 0.15) is 0 Å². The van der Waals surface area contributed by atoms with Crippen molar-refractivity contribution in [3.8, 4) is 0 Å². The average Bonchev–Trinajstić information content (AvgIpc) is 2.26. The second kappa shape index (κ2) is 4.82. The summed E-state index contributed by atoms with van der Waals surface area (Å²) in [5.41, 5.74) is 4.82. The molecule has 1 aromatic carbocycles. The lowest BCUT2D eigenvalue weighted by Gasteiger charge is -2.23.